The van der Waals surface area contributed by atoms with Crippen molar-refractivity contribution in [2.24, 2.45) is 5.73 Å². The van der Waals surface area contributed by atoms with Crippen LogP contribution < -0.4 is 15.8 Å². The van der Waals surface area contributed by atoms with Crippen LogP contribution in [0.4, 0.5) is 10.5 Å². The van der Waals surface area contributed by atoms with Gasteiger partial charge in [-0.2, -0.15) is 0 Å². The van der Waals surface area contributed by atoms with E-state index < -0.39 is 0 Å². The van der Waals surface area contributed by atoms with Gasteiger partial charge in [-0.25, -0.2) is 4.79 Å². The Kier molecular flexibility index (Phi) is 7.15. The summed E-state index contributed by atoms with van der Waals surface area (Å²) in [4.78, 5) is 17.7. The van der Waals surface area contributed by atoms with Gasteiger partial charge < -0.3 is 20.7 Å². The number of amides is 2. The molecule has 2 heterocycles. The molecule has 7 heteroatoms. The lowest BCUT2D eigenvalue weighted by Gasteiger charge is -2.57. The molecule has 2 aliphatic rings. The molecule has 166 valence electrons. The van der Waals surface area contributed by atoms with Crippen molar-refractivity contribution in [1.29, 1.82) is 0 Å². The summed E-state index contributed by atoms with van der Waals surface area (Å²) in [7, 11) is 1.64. The third-order valence-corrected chi connectivity index (χ3v) is 7.06. The van der Waals surface area contributed by atoms with Crippen LogP contribution in [-0.4, -0.2) is 61.2 Å². The Balaban J connectivity index is 1.50. The van der Waals surface area contributed by atoms with E-state index in [0.29, 0.717) is 24.5 Å². The van der Waals surface area contributed by atoms with Crippen molar-refractivity contribution in [2.75, 3.05) is 38.6 Å². The van der Waals surface area contributed by atoms with Crippen molar-refractivity contribution in [3.8, 4) is 5.75 Å². The maximum atomic E-state index is 13.1. The Hall–Kier alpha value is -2.09. The molecule has 3 atom stereocenters. The number of hydrogen-bond acceptors (Lipinski definition) is 4. The normalized spacial score (nSPS) is 23.8. The van der Waals surface area contributed by atoms with Crippen molar-refractivity contribution in [3.05, 3.63) is 58.6 Å². The van der Waals surface area contributed by atoms with Crippen molar-refractivity contribution in [2.45, 2.75) is 37.3 Å². The zero-order valence-electron chi connectivity index (χ0n) is 18.0. The number of methoxy groups -OCH3 is 1. The van der Waals surface area contributed by atoms with Gasteiger partial charge in [0.15, 0.2) is 0 Å². The predicted octanol–water partition coefficient (Wildman–Crippen LogP) is 4.27. The molecule has 0 unspecified atom stereocenters. The fourth-order valence-corrected chi connectivity index (χ4v) is 5.25. The molecule has 0 bridgehead atoms. The fourth-order valence-electron chi connectivity index (χ4n) is 4.98. The lowest BCUT2D eigenvalue weighted by Crippen LogP contribution is -2.67. The van der Waals surface area contributed by atoms with Gasteiger partial charge in [0, 0.05) is 41.3 Å². The number of ether oxygens (including phenoxy) is 1. The minimum atomic E-state index is -0.0381. The van der Waals surface area contributed by atoms with Crippen molar-refractivity contribution in [1.82, 2.24) is 9.80 Å². The first-order valence-corrected chi connectivity index (χ1v) is 11.8. The van der Waals surface area contributed by atoms with Gasteiger partial charge >= 0.3 is 6.03 Å². The van der Waals surface area contributed by atoms with E-state index in [2.05, 4.69) is 50.4 Å². The molecule has 4 rings (SSSR count). The zero-order valence-corrected chi connectivity index (χ0v) is 19.6. The molecule has 2 saturated heterocycles. The Morgan fingerprint density at radius 1 is 1.13 bits per heavy atom. The number of urea groups is 1. The molecule has 0 spiro atoms. The number of nitrogens with one attached hydrogen (secondary N) is 1. The lowest BCUT2D eigenvalue weighted by atomic mass is 9.73. The first kappa shape index (κ1) is 22.1. The third kappa shape index (κ3) is 4.89. The molecule has 2 aliphatic heterocycles. The lowest BCUT2D eigenvalue weighted by molar-refractivity contribution is -0.0378. The van der Waals surface area contributed by atoms with Crippen LogP contribution in [0.1, 0.15) is 30.7 Å². The highest BCUT2D eigenvalue weighted by Gasteiger charge is 2.49. The largest absolute Gasteiger partial charge is 0.497 e. The van der Waals surface area contributed by atoms with Gasteiger partial charge in [-0.1, -0.05) is 28.1 Å². The minimum absolute atomic E-state index is 0.0381. The average molecular weight is 487 g/mol. The topological polar surface area (TPSA) is 70.8 Å². The van der Waals surface area contributed by atoms with Crippen molar-refractivity contribution < 1.29 is 9.53 Å². The van der Waals surface area contributed by atoms with E-state index in [1.54, 1.807) is 7.11 Å². The summed E-state index contributed by atoms with van der Waals surface area (Å²) in [6.45, 7) is 3.27. The second kappa shape index (κ2) is 10.0. The number of nitrogens with zero attached hydrogens (tertiary/aromatic N) is 2. The summed E-state index contributed by atoms with van der Waals surface area (Å²) < 4.78 is 6.29. The standard InChI is InChI=1S/C24H31BrN4O2/c1-31-20-10-8-19(9-11-20)27-24(30)28-14-2-3-15-29-21(12-13-26)23(22(29)16-28)17-4-6-18(25)7-5-17/h4-11,21-23H,2-3,12-16,26H2,1H3,(H,27,30)/t21-,22+,23+/m1/s1. The molecule has 3 N–H and O–H groups in total. The number of halogens is 1. The molecule has 2 aromatic carbocycles. The second-order valence-electron chi connectivity index (χ2n) is 8.34. The Bertz CT molecular complexity index is 874. The number of rotatable bonds is 5. The summed E-state index contributed by atoms with van der Waals surface area (Å²) in [5.74, 6) is 1.17. The highest BCUT2D eigenvalue weighted by atomic mass is 79.9. The molecule has 0 radical (unpaired) electrons. The number of benzene rings is 2. The van der Waals surface area contributed by atoms with Crippen LogP contribution in [0.3, 0.4) is 0 Å². The third-order valence-electron chi connectivity index (χ3n) is 6.53. The number of nitrogens with two attached hydrogens (primary N) is 1. The monoisotopic (exact) mass is 486 g/mol. The number of carbonyl (C=O) groups is 1. The highest BCUT2D eigenvalue weighted by molar-refractivity contribution is 9.10. The van der Waals surface area contributed by atoms with Crippen LogP contribution in [0, 0.1) is 0 Å². The Labute approximate surface area is 192 Å². The summed E-state index contributed by atoms with van der Waals surface area (Å²) in [6.07, 6.45) is 3.09. The van der Waals surface area contributed by atoms with E-state index in [4.69, 9.17) is 10.5 Å². The number of fused-ring (bicyclic) bond motifs is 1. The van der Waals surface area contributed by atoms with E-state index in [1.165, 1.54) is 5.56 Å². The van der Waals surface area contributed by atoms with E-state index in [1.807, 2.05) is 29.2 Å². The van der Waals surface area contributed by atoms with Gasteiger partial charge in [0.05, 0.1) is 7.11 Å². The van der Waals surface area contributed by atoms with Gasteiger partial charge in [0.25, 0.3) is 0 Å². The Morgan fingerprint density at radius 2 is 1.84 bits per heavy atom. The van der Waals surface area contributed by atoms with E-state index in [0.717, 1.165) is 54.8 Å². The van der Waals surface area contributed by atoms with Gasteiger partial charge in [0.2, 0.25) is 0 Å². The highest BCUT2D eigenvalue weighted by Crippen LogP contribution is 2.43. The van der Waals surface area contributed by atoms with Crippen LogP contribution in [0.2, 0.25) is 0 Å². The maximum absolute atomic E-state index is 13.1. The fraction of sp³-hybridized carbons (Fsp3) is 0.458. The summed E-state index contributed by atoms with van der Waals surface area (Å²) >= 11 is 3.54. The molecule has 2 amide bonds. The maximum Gasteiger partial charge on any atom is 0.321 e. The van der Waals surface area contributed by atoms with Crippen LogP contribution >= 0.6 is 15.9 Å². The molecular formula is C24H31BrN4O2. The van der Waals surface area contributed by atoms with E-state index in [9.17, 15) is 4.79 Å². The Morgan fingerprint density at radius 3 is 2.52 bits per heavy atom. The number of hydrogen-bond donors (Lipinski definition) is 2. The smallest absolute Gasteiger partial charge is 0.321 e. The molecule has 31 heavy (non-hydrogen) atoms. The van der Waals surface area contributed by atoms with E-state index >= 15 is 0 Å². The van der Waals surface area contributed by atoms with Crippen molar-refractivity contribution in [3.63, 3.8) is 0 Å². The van der Waals surface area contributed by atoms with Crippen LogP contribution in [0.15, 0.2) is 53.0 Å². The SMILES string of the molecule is COc1ccc(NC(=O)N2CCCCN3[C@H](CCN)[C@H](c4ccc(Br)cc4)[C@@H]3C2)cc1. The molecule has 2 fully saturated rings. The average Bonchev–Trinajstić information content (AvgIpc) is 2.76. The van der Waals surface area contributed by atoms with E-state index in [-0.39, 0.29) is 6.03 Å². The van der Waals surface area contributed by atoms with Gasteiger partial charge in [0.1, 0.15) is 5.75 Å². The molecular weight excluding hydrogens is 456 g/mol. The van der Waals surface area contributed by atoms with Crippen LogP contribution in [0.25, 0.3) is 0 Å². The molecule has 0 aromatic heterocycles. The second-order valence-corrected chi connectivity index (χ2v) is 9.25. The number of carbonyl (C=O) groups excluding carboxylic acids is 1. The molecule has 0 aliphatic carbocycles. The molecule has 2 aromatic rings. The number of anilines is 1. The molecule has 6 nitrogen and oxygen atoms in total. The summed E-state index contributed by atoms with van der Waals surface area (Å²) in [5, 5.41) is 3.06. The van der Waals surface area contributed by atoms with Crippen molar-refractivity contribution >= 4 is 27.6 Å². The summed E-state index contributed by atoms with van der Waals surface area (Å²) in [5.41, 5.74) is 8.07. The molecule has 0 saturated carbocycles. The van der Waals surface area contributed by atoms with Gasteiger partial charge in [-0.3, -0.25) is 4.90 Å². The summed E-state index contributed by atoms with van der Waals surface area (Å²) in [6, 6.07) is 16.8. The first-order chi connectivity index (χ1) is 15.1. The minimum Gasteiger partial charge on any atom is -0.497 e. The predicted molar refractivity (Wildman–Crippen MR) is 128 cm³/mol. The van der Waals surface area contributed by atoms with Crippen LogP contribution in [-0.2, 0) is 0 Å². The zero-order chi connectivity index (χ0) is 21.8. The first-order valence-electron chi connectivity index (χ1n) is 11.0. The van der Waals surface area contributed by atoms with Crippen LogP contribution in [0.5, 0.6) is 5.75 Å². The quantitative estimate of drug-likeness (QED) is 0.661. The van der Waals surface area contributed by atoms with Gasteiger partial charge in [-0.15, -0.1) is 0 Å². The van der Waals surface area contributed by atoms with Gasteiger partial charge in [-0.05, 0) is 74.3 Å².